The van der Waals surface area contributed by atoms with E-state index in [1.54, 1.807) is 11.3 Å². The molecule has 30 heavy (non-hydrogen) atoms. The Bertz CT molecular complexity index is 1180. The number of aromatic nitrogens is 1. The minimum absolute atomic E-state index is 0.703. The van der Waals surface area contributed by atoms with E-state index in [9.17, 15) is 0 Å². The van der Waals surface area contributed by atoms with Crippen LogP contribution in [0.1, 0.15) is 26.3 Å². The summed E-state index contributed by atoms with van der Waals surface area (Å²) in [6, 6.07) is 18.6. The van der Waals surface area contributed by atoms with Crippen LogP contribution in [-0.2, 0) is 0 Å². The third-order valence-electron chi connectivity index (χ3n) is 5.00. The average molecular weight is 419 g/mol. The van der Waals surface area contributed by atoms with Gasteiger partial charge in [0.25, 0.3) is 0 Å². The molecule has 0 fully saturated rings. The molecular weight excluding hydrogens is 392 g/mol. The van der Waals surface area contributed by atoms with Gasteiger partial charge in [-0.3, -0.25) is 4.99 Å². The van der Waals surface area contributed by atoms with Crippen molar-refractivity contribution in [2.75, 3.05) is 24.5 Å². The minimum atomic E-state index is 0.703. The van der Waals surface area contributed by atoms with E-state index in [-0.39, 0.29) is 0 Å². The normalized spacial score (nSPS) is 12.3. The van der Waals surface area contributed by atoms with Crippen molar-refractivity contribution in [1.29, 1.82) is 0 Å². The van der Waals surface area contributed by atoms with E-state index in [0.717, 1.165) is 45.9 Å². The third kappa shape index (κ3) is 4.09. The van der Waals surface area contributed by atoms with Gasteiger partial charge in [0.2, 0.25) is 4.80 Å². The van der Waals surface area contributed by atoms with Crippen LogP contribution in [0, 0.1) is 0 Å². The molecule has 4 aromatic rings. The zero-order valence-corrected chi connectivity index (χ0v) is 18.4. The summed E-state index contributed by atoms with van der Waals surface area (Å²) in [5, 5.41) is 7.88. The molecule has 154 valence electrons. The topological polar surface area (TPSA) is 46.0 Å². The van der Waals surface area contributed by atoms with Gasteiger partial charge >= 0.3 is 0 Å². The van der Waals surface area contributed by atoms with Gasteiger partial charge in [-0.1, -0.05) is 30.3 Å². The predicted molar refractivity (Wildman–Crippen MR) is 127 cm³/mol. The van der Waals surface area contributed by atoms with Gasteiger partial charge in [0, 0.05) is 36.1 Å². The van der Waals surface area contributed by atoms with Crippen LogP contribution >= 0.6 is 11.3 Å². The van der Waals surface area contributed by atoms with Crippen molar-refractivity contribution < 1.29 is 4.42 Å². The standard InChI is InChI=1S/C24H26N4OS/c1-4-25-24-28(26-16-18-11-13-20(14-12-18)27(5-2)6-3)21(17-30-24)23-15-19-9-7-8-10-22(19)29-23/h7-17H,4-6H2,1-3H3/b25-24?,26-16+. The highest BCUT2D eigenvalue weighted by Gasteiger charge is 2.12. The fraction of sp³-hybridized carbons (Fsp3) is 0.250. The maximum atomic E-state index is 6.07. The number of benzene rings is 2. The van der Waals surface area contributed by atoms with Crippen LogP contribution in [0.3, 0.4) is 0 Å². The van der Waals surface area contributed by atoms with Gasteiger partial charge in [0.15, 0.2) is 5.76 Å². The maximum Gasteiger partial charge on any atom is 0.206 e. The van der Waals surface area contributed by atoms with Crippen molar-refractivity contribution in [1.82, 2.24) is 4.68 Å². The molecular formula is C24H26N4OS. The zero-order valence-electron chi connectivity index (χ0n) is 17.6. The number of hydrogen-bond donors (Lipinski definition) is 0. The molecule has 6 heteroatoms. The largest absolute Gasteiger partial charge is 0.454 e. The second-order valence-corrected chi connectivity index (χ2v) is 7.68. The molecule has 0 aliphatic heterocycles. The van der Waals surface area contributed by atoms with E-state index in [0.29, 0.717) is 6.54 Å². The Morgan fingerprint density at radius 2 is 1.80 bits per heavy atom. The summed E-state index contributed by atoms with van der Waals surface area (Å²) in [6.45, 7) is 9.07. The first-order valence-corrected chi connectivity index (χ1v) is 11.2. The Labute approximate surface area is 180 Å². The highest BCUT2D eigenvalue weighted by molar-refractivity contribution is 7.07. The molecule has 0 atom stereocenters. The van der Waals surface area contributed by atoms with Crippen molar-refractivity contribution in [2.24, 2.45) is 10.1 Å². The zero-order chi connectivity index (χ0) is 20.9. The van der Waals surface area contributed by atoms with Crippen molar-refractivity contribution in [3.8, 4) is 11.5 Å². The van der Waals surface area contributed by atoms with Crippen molar-refractivity contribution in [3.63, 3.8) is 0 Å². The molecule has 0 bridgehead atoms. The van der Waals surface area contributed by atoms with E-state index < -0.39 is 0 Å². The lowest BCUT2D eigenvalue weighted by Crippen LogP contribution is -2.21. The molecule has 2 heterocycles. The Morgan fingerprint density at radius 3 is 2.50 bits per heavy atom. The van der Waals surface area contributed by atoms with Gasteiger partial charge in [-0.15, -0.1) is 11.3 Å². The van der Waals surface area contributed by atoms with Gasteiger partial charge in [-0.05, 0) is 50.6 Å². The highest BCUT2D eigenvalue weighted by Crippen LogP contribution is 2.28. The van der Waals surface area contributed by atoms with Crippen LogP contribution in [-0.4, -0.2) is 30.5 Å². The molecule has 0 spiro atoms. The number of furan rings is 1. The van der Waals surface area contributed by atoms with E-state index >= 15 is 0 Å². The first kappa shape index (κ1) is 20.2. The fourth-order valence-electron chi connectivity index (χ4n) is 3.42. The number of para-hydroxylation sites is 1. The van der Waals surface area contributed by atoms with Crippen LogP contribution in [0.15, 0.2) is 74.5 Å². The maximum absolute atomic E-state index is 6.07. The third-order valence-corrected chi connectivity index (χ3v) is 5.85. The Hall–Kier alpha value is -3.12. The predicted octanol–water partition coefficient (Wildman–Crippen LogP) is 5.61. The summed E-state index contributed by atoms with van der Waals surface area (Å²) in [6.07, 6.45) is 1.87. The second kappa shape index (κ2) is 9.13. The number of hydrogen-bond acceptors (Lipinski definition) is 5. The molecule has 0 aliphatic carbocycles. The lowest BCUT2D eigenvalue weighted by Gasteiger charge is -2.20. The van der Waals surface area contributed by atoms with E-state index in [4.69, 9.17) is 9.52 Å². The van der Waals surface area contributed by atoms with Crippen LogP contribution in [0.25, 0.3) is 22.4 Å². The van der Waals surface area contributed by atoms with Gasteiger partial charge in [0.1, 0.15) is 11.3 Å². The SMILES string of the molecule is CCN=c1scc(-c2cc3ccccc3o2)n1/N=C/c1ccc(N(CC)CC)cc1. The van der Waals surface area contributed by atoms with Crippen LogP contribution < -0.4 is 9.70 Å². The molecule has 0 saturated carbocycles. The van der Waals surface area contributed by atoms with Gasteiger partial charge in [-0.2, -0.15) is 5.10 Å². The van der Waals surface area contributed by atoms with Crippen molar-refractivity contribution in [3.05, 3.63) is 70.3 Å². The Morgan fingerprint density at radius 1 is 1.03 bits per heavy atom. The van der Waals surface area contributed by atoms with Crippen LogP contribution in [0.5, 0.6) is 0 Å². The van der Waals surface area contributed by atoms with Gasteiger partial charge in [0.05, 0.1) is 6.21 Å². The molecule has 2 aromatic carbocycles. The van der Waals surface area contributed by atoms with E-state index in [2.05, 4.69) is 60.1 Å². The van der Waals surface area contributed by atoms with Gasteiger partial charge < -0.3 is 9.32 Å². The molecule has 0 saturated heterocycles. The molecule has 0 unspecified atom stereocenters. The van der Waals surface area contributed by atoms with Crippen molar-refractivity contribution >= 4 is 34.2 Å². The summed E-state index contributed by atoms with van der Waals surface area (Å²) < 4.78 is 7.94. The summed E-state index contributed by atoms with van der Waals surface area (Å²) >= 11 is 1.57. The Kier molecular flexibility index (Phi) is 6.14. The molecule has 2 aromatic heterocycles. The first-order chi connectivity index (χ1) is 14.7. The summed E-state index contributed by atoms with van der Waals surface area (Å²) in [7, 11) is 0. The number of fused-ring (bicyclic) bond motifs is 1. The molecule has 0 amide bonds. The second-order valence-electron chi connectivity index (χ2n) is 6.85. The first-order valence-electron chi connectivity index (χ1n) is 10.3. The molecule has 5 nitrogen and oxygen atoms in total. The fourth-order valence-corrected chi connectivity index (χ4v) is 4.30. The molecule has 0 N–H and O–H groups in total. The highest BCUT2D eigenvalue weighted by atomic mass is 32.1. The monoisotopic (exact) mass is 418 g/mol. The van der Waals surface area contributed by atoms with Crippen LogP contribution in [0.2, 0.25) is 0 Å². The molecule has 0 radical (unpaired) electrons. The average Bonchev–Trinajstić information content (AvgIpc) is 3.38. The number of nitrogens with zero attached hydrogens (tertiary/aromatic N) is 4. The lowest BCUT2D eigenvalue weighted by atomic mass is 10.2. The minimum Gasteiger partial charge on any atom is -0.454 e. The van der Waals surface area contributed by atoms with E-state index in [1.165, 1.54) is 5.69 Å². The summed E-state index contributed by atoms with van der Waals surface area (Å²) in [5.74, 6) is 0.791. The summed E-state index contributed by atoms with van der Waals surface area (Å²) in [5.41, 5.74) is 4.04. The smallest absolute Gasteiger partial charge is 0.206 e. The number of thiazole rings is 1. The van der Waals surface area contributed by atoms with Crippen LogP contribution in [0.4, 0.5) is 5.69 Å². The number of anilines is 1. The molecule has 0 aliphatic rings. The summed E-state index contributed by atoms with van der Waals surface area (Å²) in [4.78, 5) is 7.77. The molecule has 4 rings (SSSR count). The Balaban J connectivity index is 1.69. The lowest BCUT2D eigenvalue weighted by molar-refractivity contribution is 0.621. The van der Waals surface area contributed by atoms with Crippen molar-refractivity contribution in [2.45, 2.75) is 20.8 Å². The quantitative estimate of drug-likeness (QED) is 0.366. The number of rotatable bonds is 7. The van der Waals surface area contributed by atoms with Gasteiger partial charge in [-0.25, -0.2) is 4.68 Å². The van der Waals surface area contributed by atoms with E-state index in [1.807, 2.05) is 41.4 Å².